The van der Waals surface area contributed by atoms with Crippen LogP contribution in [0.3, 0.4) is 0 Å². The summed E-state index contributed by atoms with van der Waals surface area (Å²) in [4.78, 5) is 27.8. The Labute approximate surface area is 228 Å². The number of sulfonamides is 1. The molecular formula is C28H31ClFN3O4S. The van der Waals surface area contributed by atoms with Gasteiger partial charge in [-0.15, -0.1) is 0 Å². The lowest BCUT2D eigenvalue weighted by Crippen LogP contribution is -2.51. The van der Waals surface area contributed by atoms with E-state index in [9.17, 15) is 22.4 Å². The maximum absolute atomic E-state index is 14.5. The second kappa shape index (κ2) is 12.9. The topological polar surface area (TPSA) is 86.8 Å². The van der Waals surface area contributed by atoms with Gasteiger partial charge in [0.25, 0.3) is 10.0 Å². The molecule has 1 N–H and O–H groups in total. The van der Waals surface area contributed by atoms with Gasteiger partial charge in [-0.3, -0.25) is 13.9 Å². The van der Waals surface area contributed by atoms with Gasteiger partial charge in [-0.1, -0.05) is 66.6 Å². The van der Waals surface area contributed by atoms with Gasteiger partial charge in [0.2, 0.25) is 11.8 Å². The molecule has 10 heteroatoms. The molecule has 0 bridgehead atoms. The van der Waals surface area contributed by atoms with Crippen LogP contribution in [0.5, 0.6) is 0 Å². The van der Waals surface area contributed by atoms with Gasteiger partial charge < -0.3 is 10.2 Å². The summed E-state index contributed by atoms with van der Waals surface area (Å²) in [6.45, 7) is 4.77. The third-order valence-electron chi connectivity index (χ3n) is 6.02. The van der Waals surface area contributed by atoms with Gasteiger partial charge in [-0.25, -0.2) is 12.8 Å². The highest BCUT2D eigenvalue weighted by Gasteiger charge is 2.33. The molecule has 3 rings (SSSR count). The number of amides is 2. The van der Waals surface area contributed by atoms with Crippen molar-refractivity contribution in [1.82, 2.24) is 10.2 Å². The molecule has 0 heterocycles. The molecule has 3 aromatic rings. The number of aryl methyl sites for hydroxylation is 1. The summed E-state index contributed by atoms with van der Waals surface area (Å²) >= 11 is 6.38. The van der Waals surface area contributed by atoms with Gasteiger partial charge >= 0.3 is 0 Å². The molecule has 2 amide bonds. The van der Waals surface area contributed by atoms with Gasteiger partial charge in [0.1, 0.15) is 18.4 Å². The molecule has 7 nitrogen and oxygen atoms in total. The van der Waals surface area contributed by atoms with E-state index in [0.717, 1.165) is 9.87 Å². The molecule has 1 atom stereocenters. The zero-order valence-corrected chi connectivity index (χ0v) is 23.1. The molecule has 202 valence electrons. The van der Waals surface area contributed by atoms with Crippen molar-refractivity contribution in [3.8, 4) is 0 Å². The van der Waals surface area contributed by atoms with E-state index in [2.05, 4.69) is 5.32 Å². The first-order valence-corrected chi connectivity index (χ1v) is 14.0. The molecule has 0 fully saturated rings. The molecule has 3 aromatic carbocycles. The van der Waals surface area contributed by atoms with Crippen molar-refractivity contribution >= 4 is 39.1 Å². The minimum absolute atomic E-state index is 0.0230. The van der Waals surface area contributed by atoms with Crippen LogP contribution in [0, 0.1) is 12.7 Å². The second-order valence-electron chi connectivity index (χ2n) is 8.86. The molecule has 38 heavy (non-hydrogen) atoms. The third kappa shape index (κ3) is 6.90. The summed E-state index contributed by atoms with van der Waals surface area (Å²) in [5.74, 6) is -1.66. The number of para-hydroxylation sites is 1. The van der Waals surface area contributed by atoms with E-state index in [1.54, 1.807) is 30.3 Å². The van der Waals surface area contributed by atoms with Gasteiger partial charge in [0.15, 0.2) is 0 Å². The lowest BCUT2D eigenvalue weighted by atomic mass is 10.1. The Kier molecular flexibility index (Phi) is 9.88. The molecule has 0 saturated carbocycles. The van der Waals surface area contributed by atoms with Crippen LogP contribution in [0.2, 0.25) is 5.02 Å². The summed E-state index contributed by atoms with van der Waals surface area (Å²) in [5, 5.41) is 2.87. The Morgan fingerprint density at radius 3 is 2.26 bits per heavy atom. The number of nitrogens with one attached hydrogen (secondary N) is 1. The minimum Gasteiger partial charge on any atom is -0.354 e. The number of carbonyl (C=O) groups is 2. The highest BCUT2D eigenvalue weighted by Crippen LogP contribution is 2.31. The summed E-state index contributed by atoms with van der Waals surface area (Å²) < 4.78 is 43.0. The van der Waals surface area contributed by atoms with Crippen molar-refractivity contribution in [3.63, 3.8) is 0 Å². The Hall–Kier alpha value is -3.43. The maximum Gasteiger partial charge on any atom is 0.264 e. The first kappa shape index (κ1) is 29.1. The predicted octanol–water partition coefficient (Wildman–Crippen LogP) is 4.93. The number of anilines is 1. The summed E-state index contributed by atoms with van der Waals surface area (Å²) in [5.41, 5.74) is 1.17. The number of hydrogen-bond acceptors (Lipinski definition) is 4. The zero-order chi connectivity index (χ0) is 27.9. The van der Waals surface area contributed by atoms with E-state index in [0.29, 0.717) is 13.0 Å². The lowest BCUT2D eigenvalue weighted by molar-refractivity contribution is -0.139. The van der Waals surface area contributed by atoms with Crippen LogP contribution < -0.4 is 9.62 Å². The van der Waals surface area contributed by atoms with E-state index < -0.39 is 40.2 Å². The standard InChI is InChI=1S/C28H31ClFN3O4S/c1-4-17-31-28(35)21(3)32(18-22-9-5-7-11-25(22)30)27(34)19-33(26-12-8-6-10-24(26)29)38(36,37)23-15-13-20(2)14-16-23/h5-16,21H,4,17-19H2,1-3H3,(H,31,35)/t21-/m0/s1. The van der Waals surface area contributed by atoms with Crippen LogP contribution in [0.1, 0.15) is 31.4 Å². The van der Waals surface area contributed by atoms with Crippen molar-refractivity contribution in [2.75, 3.05) is 17.4 Å². The summed E-state index contributed by atoms with van der Waals surface area (Å²) in [6.07, 6.45) is 0.689. The predicted molar refractivity (Wildman–Crippen MR) is 147 cm³/mol. The zero-order valence-electron chi connectivity index (χ0n) is 21.5. The fourth-order valence-corrected chi connectivity index (χ4v) is 5.51. The lowest BCUT2D eigenvalue weighted by Gasteiger charge is -2.32. The van der Waals surface area contributed by atoms with Crippen LogP contribution >= 0.6 is 11.6 Å². The average Bonchev–Trinajstić information content (AvgIpc) is 2.90. The first-order chi connectivity index (χ1) is 18.1. The Morgan fingerprint density at radius 1 is 1.00 bits per heavy atom. The second-order valence-corrected chi connectivity index (χ2v) is 11.1. The monoisotopic (exact) mass is 559 g/mol. The highest BCUT2D eigenvalue weighted by atomic mass is 35.5. The molecule has 0 radical (unpaired) electrons. The molecular weight excluding hydrogens is 529 g/mol. The summed E-state index contributed by atoms with van der Waals surface area (Å²) in [6, 6.07) is 17.4. The molecule has 0 aliphatic carbocycles. The van der Waals surface area contributed by atoms with Crippen LogP contribution in [0.4, 0.5) is 10.1 Å². The van der Waals surface area contributed by atoms with Crippen LogP contribution in [0.25, 0.3) is 0 Å². The molecule has 0 aliphatic heterocycles. The van der Waals surface area contributed by atoms with Gasteiger partial charge in [0.05, 0.1) is 15.6 Å². The fraction of sp³-hybridized carbons (Fsp3) is 0.286. The smallest absolute Gasteiger partial charge is 0.264 e. The number of hydrogen-bond donors (Lipinski definition) is 1. The third-order valence-corrected chi connectivity index (χ3v) is 8.12. The van der Waals surface area contributed by atoms with Gasteiger partial charge in [-0.2, -0.15) is 0 Å². The van der Waals surface area contributed by atoms with Crippen molar-refractivity contribution in [1.29, 1.82) is 0 Å². The fourth-order valence-electron chi connectivity index (χ4n) is 3.79. The largest absolute Gasteiger partial charge is 0.354 e. The molecule has 0 aromatic heterocycles. The highest BCUT2D eigenvalue weighted by molar-refractivity contribution is 7.92. The van der Waals surface area contributed by atoms with E-state index in [1.807, 2.05) is 13.8 Å². The Balaban J connectivity index is 2.04. The van der Waals surface area contributed by atoms with E-state index in [-0.39, 0.29) is 27.7 Å². The van der Waals surface area contributed by atoms with Crippen LogP contribution in [-0.4, -0.2) is 44.3 Å². The van der Waals surface area contributed by atoms with Crippen molar-refractivity contribution in [2.24, 2.45) is 0 Å². The molecule has 0 saturated heterocycles. The first-order valence-electron chi connectivity index (χ1n) is 12.2. The van der Waals surface area contributed by atoms with Crippen LogP contribution in [-0.2, 0) is 26.2 Å². The SMILES string of the molecule is CCCNC(=O)[C@H](C)N(Cc1ccccc1F)C(=O)CN(c1ccccc1Cl)S(=O)(=O)c1ccc(C)cc1. The van der Waals surface area contributed by atoms with E-state index in [4.69, 9.17) is 11.6 Å². The average molecular weight is 560 g/mol. The Bertz CT molecular complexity index is 1380. The Morgan fingerprint density at radius 2 is 1.63 bits per heavy atom. The summed E-state index contributed by atoms with van der Waals surface area (Å²) in [7, 11) is -4.24. The normalized spacial score (nSPS) is 12.0. The quantitative estimate of drug-likeness (QED) is 0.361. The molecule has 0 unspecified atom stereocenters. The van der Waals surface area contributed by atoms with Crippen molar-refractivity contribution in [2.45, 2.75) is 44.7 Å². The number of nitrogens with zero attached hydrogens (tertiary/aromatic N) is 2. The maximum atomic E-state index is 14.5. The minimum atomic E-state index is -4.24. The number of carbonyl (C=O) groups excluding carboxylic acids is 2. The van der Waals surface area contributed by atoms with Crippen molar-refractivity contribution in [3.05, 3.63) is 94.8 Å². The van der Waals surface area contributed by atoms with E-state index in [1.165, 1.54) is 54.3 Å². The van der Waals surface area contributed by atoms with Crippen molar-refractivity contribution < 1.29 is 22.4 Å². The number of rotatable bonds is 11. The van der Waals surface area contributed by atoms with E-state index >= 15 is 0 Å². The van der Waals surface area contributed by atoms with Gasteiger partial charge in [-0.05, 0) is 50.6 Å². The molecule has 0 aliphatic rings. The van der Waals surface area contributed by atoms with Crippen LogP contribution in [0.15, 0.2) is 77.7 Å². The van der Waals surface area contributed by atoms with Gasteiger partial charge in [0, 0.05) is 18.7 Å². The molecule has 0 spiro atoms. The number of benzene rings is 3. The number of halogens is 2.